The lowest BCUT2D eigenvalue weighted by molar-refractivity contribution is -0.137. The van der Waals surface area contributed by atoms with E-state index >= 15 is 0 Å². The van der Waals surface area contributed by atoms with Gasteiger partial charge in [0, 0.05) is 25.6 Å². The normalized spacial score (nSPS) is 31.5. The molecule has 0 radical (unpaired) electrons. The monoisotopic (exact) mass is 322 g/mol. The van der Waals surface area contributed by atoms with Crippen LogP contribution in [-0.2, 0) is 18.4 Å². The number of hydrogen-bond donors (Lipinski definition) is 1. The molecular formula is C16H26N4O3. The predicted octanol–water partition coefficient (Wildman–Crippen LogP) is 0.514. The standard InChI is InChI=1S/C16H26N4O3/c1-16(23)8-4-3-6-12(16)13-7-5-9-19(13)14(21)10-20-15(22)18(2)11-17-20/h11-13,23H,3-10H2,1-2H3/t12-,13-,16+/m1/s1. The molecule has 1 aromatic rings. The molecule has 3 atom stereocenters. The SMILES string of the molecule is Cn1cnn(CC(=O)N2CCC[C@@H]2[C@H]2CCCC[C@]2(C)O)c1=O. The zero-order chi connectivity index (χ0) is 16.6. The number of likely N-dealkylation sites (tertiary alicyclic amines) is 1. The van der Waals surface area contributed by atoms with E-state index in [9.17, 15) is 14.7 Å². The van der Waals surface area contributed by atoms with Crippen LogP contribution in [0.2, 0.25) is 0 Å². The quantitative estimate of drug-likeness (QED) is 0.879. The highest BCUT2D eigenvalue weighted by Crippen LogP contribution is 2.40. The van der Waals surface area contributed by atoms with E-state index in [1.54, 1.807) is 7.05 Å². The minimum atomic E-state index is -0.701. The molecule has 23 heavy (non-hydrogen) atoms. The molecule has 7 heteroatoms. The molecule has 2 heterocycles. The fourth-order valence-corrected chi connectivity index (χ4v) is 4.22. The molecule has 1 aliphatic carbocycles. The van der Waals surface area contributed by atoms with Crippen LogP contribution in [0, 0.1) is 5.92 Å². The van der Waals surface area contributed by atoms with E-state index in [4.69, 9.17) is 0 Å². The van der Waals surface area contributed by atoms with Crippen LogP contribution in [0.15, 0.2) is 11.1 Å². The summed E-state index contributed by atoms with van der Waals surface area (Å²) in [6.07, 6.45) is 7.24. The Kier molecular flexibility index (Phi) is 4.31. The third-order valence-electron chi connectivity index (χ3n) is 5.50. The highest BCUT2D eigenvalue weighted by atomic mass is 16.3. The number of amides is 1. The van der Waals surface area contributed by atoms with Crippen LogP contribution in [0.25, 0.3) is 0 Å². The van der Waals surface area contributed by atoms with E-state index in [1.807, 2.05) is 11.8 Å². The van der Waals surface area contributed by atoms with Crippen molar-refractivity contribution in [1.29, 1.82) is 0 Å². The zero-order valence-corrected chi connectivity index (χ0v) is 13.9. The topological polar surface area (TPSA) is 80.4 Å². The summed E-state index contributed by atoms with van der Waals surface area (Å²) in [5.41, 5.74) is -0.980. The van der Waals surface area contributed by atoms with E-state index in [0.717, 1.165) is 38.5 Å². The Balaban J connectivity index is 1.74. The summed E-state index contributed by atoms with van der Waals surface area (Å²) in [7, 11) is 1.62. The summed E-state index contributed by atoms with van der Waals surface area (Å²) in [4.78, 5) is 26.4. The molecule has 0 bridgehead atoms. The Labute approximate surface area is 135 Å². The van der Waals surface area contributed by atoms with Crippen LogP contribution in [0.5, 0.6) is 0 Å². The maximum atomic E-state index is 12.7. The maximum Gasteiger partial charge on any atom is 0.345 e. The van der Waals surface area contributed by atoms with Crippen molar-refractivity contribution in [3.05, 3.63) is 16.8 Å². The van der Waals surface area contributed by atoms with Crippen molar-refractivity contribution in [3.63, 3.8) is 0 Å². The van der Waals surface area contributed by atoms with Crippen molar-refractivity contribution in [3.8, 4) is 0 Å². The number of aromatic nitrogens is 3. The van der Waals surface area contributed by atoms with E-state index in [2.05, 4.69) is 5.10 Å². The van der Waals surface area contributed by atoms with E-state index in [-0.39, 0.29) is 30.1 Å². The third kappa shape index (κ3) is 3.06. The third-order valence-corrected chi connectivity index (χ3v) is 5.50. The van der Waals surface area contributed by atoms with Crippen LogP contribution in [-0.4, -0.2) is 48.4 Å². The zero-order valence-electron chi connectivity index (χ0n) is 13.9. The largest absolute Gasteiger partial charge is 0.390 e. The maximum absolute atomic E-state index is 12.7. The Hall–Kier alpha value is -1.63. The molecule has 1 saturated heterocycles. The summed E-state index contributed by atoms with van der Waals surface area (Å²) in [5, 5.41) is 14.7. The van der Waals surface area contributed by atoms with Gasteiger partial charge < -0.3 is 10.0 Å². The molecule has 0 aromatic carbocycles. The van der Waals surface area contributed by atoms with Crippen molar-refractivity contribution in [1.82, 2.24) is 19.2 Å². The first-order valence-corrected chi connectivity index (χ1v) is 8.50. The fraction of sp³-hybridized carbons (Fsp3) is 0.812. The lowest BCUT2D eigenvalue weighted by Crippen LogP contribution is -2.51. The molecule has 1 aromatic heterocycles. The molecule has 7 nitrogen and oxygen atoms in total. The van der Waals surface area contributed by atoms with Crippen molar-refractivity contribution in [2.45, 2.75) is 63.6 Å². The highest BCUT2D eigenvalue weighted by Gasteiger charge is 2.44. The van der Waals surface area contributed by atoms with Crippen molar-refractivity contribution in [2.24, 2.45) is 13.0 Å². The van der Waals surface area contributed by atoms with Crippen molar-refractivity contribution >= 4 is 5.91 Å². The Morgan fingerprint density at radius 1 is 1.39 bits per heavy atom. The van der Waals surface area contributed by atoms with Gasteiger partial charge in [0.25, 0.3) is 0 Å². The molecule has 1 amide bonds. The lowest BCUT2D eigenvalue weighted by Gasteiger charge is -2.43. The summed E-state index contributed by atoms with van der Waals surface area (Å²) in [6, 6.07) is 0.0808. The average Bonchev–Trinajstić information content (AvgIpc) is 3.09. The van der Waals surface area contributed by atoms with Gasteiger partial charge in [-0.05, 0) is 32.6 Å². The second-order valence-corrected chi connectivity index (χ2v) is 7.19. The molecule has 2 aliphatic rings. The van der Waals surface area contributed by atoms with Crippen LogP contribution in [0.4, 0.5) is 0 Å². The van der Waals surface area contributed by atoms with Gasteiger partial charge in [-0.1, -0.05) is 12.8 Å². The van der Waals surface area contributed by atoms with E-state index in [0.29, 0.717) is 6.54 Å². The number of aryl methyl sites for hydroxylation is 1. The molecule has 1 aliphatic heterocycles. The summed E-state index contributed by atoms with van der Waals surface area (Å²) >= 11 is 0. The predicted molar refractivity (Wildman–Crippen MR) is 84.8 cm³/mol. The smallest absolute Gasteiger partial charge is 0.345 e. The first kappa shape index (κ1) is 16.2. The molecule has 2 fully saturated rings. The second-order valence-electron chi connectivity index (χ2n) is 7.19. The molecule has 128 valence electrons. The summed E-state index contributed by atoms with van der Waals surface area (Å²) in [6.45, 7) is 2.59. The van der Waals surface area contributed by atoms with Gasteiger partial charge in [0.05, 0.1) is 5.60 Å². The number of aliphatic hydroxyl groups is 1. The van der Waals surface area contributed by atoms with Gasteiger partial charge in [-0.3, -0.25) is 9.36 Å². The first-order chi connectivity index (χ1) is 10.9. The number of carbonyl (C=O) groups excluding carboxylic acids is 1. The lowest BCUT2D eigenvalue weighted by atomic mass is 9.72. The molecule has 1 N–H and O–H groups in total. The number of hydrogen-bond acceptors (Lipinski definition) is 4. The van der Waals surface area contributed by atoms with Gasteiger partial charge in [-0.2, -0.15) is 5.10 Å². The van der Waals surface area contributed by atoms with Gasteiger partial charge >= 0.3 is 5.69 Å². The number of carbonyl (C=O) groups is 1. The fourth-order valence-electron chi connectivity index (χ4n) is 4.22. The first-order valence-electron chi connectivity index (χ1n) is 8.50. The van der Waals surface area contributed by atoms with Crippen LogP contribution >= 0.6 is 0 Å². The van der Waals surface area contributed by atoms with E-state index in [1.165, 1.54) is 15.6 Å². The highest BCUT2D eigenvalue weighted by molar-refractivity contribution is 5.76. The Bertz CT molecular complexity index is 634. The van der Waals surface area contributed by atoms with Gasteiger partial charge in [0.1, 0.15) is 12.9 Å². The van der Waals surface area contributed by atoms with Gasteiger partial charge in [0.15, 0.2) is 0 Å². The van der Waals surface area contributed by atoms with Crippen molar-refractivity contribution < 1.29 is 9.90 Å². The van der Waals surface area contributed by atoms with Crippen LogP contribution in [0.3, 0.4) is 0 Å². The molecule has 0 spiro atoms. The molecule has 3 rings (SSSR count). The molecule has 0 unspecified atom stereocenters. The minimum absolute atomic E-state index is 0.0228. The molecule has 1 saturated carbocycles. The average molecular weight is 322 g/mol. The van der Waals surface area contributed by atoms with Gasteiger partial charge in [-0.15, -0.1) is 0 Å². The molecular weight excluding hydrogens is 296 g/mol. The Morgan fingerprint density at radius 3 is 2.83 bits per heavy atom. The van der Waals surface area contributed by atoms with Crippen LogP contribution < -0.4 is 5.69 Å². The van der Waals surface area contributed by atoms with E-state index < -0.39 is 5.60 Å². The Morgan fingerprint density at radius 2 is 2.17 bits per heavy atom. The summed E-state index contributed by atoms with van der Waals surface area (Å²) in [5.74, 6) is 0.0535. The summed E-state index contributed by atoms with van der Waals surface area (Å²) < 4.78 is 2.57. The number of nitrogens with zero attached hydrogens (tertiary/aromatic N) is 4. The second kappa shape index (κ2) is 6.11. The van der Waals surface area contributed by atoms with Crippen molar-refractivity contribution in [2.75, 3.05) is 6.54 Å². The number of rotatable bonds is 3. The van der Waals surface area contributed by atoms with Gasteiger partial charge in [-0.25, -0.2) is 9.48 Å². The minimum Gasteiger partial charge on any atom is -0.390 e. The van der Waals surface area contributed by atoms with Gasteiger partial charge in [0.2, 0.25) is 5.91 Å². The van der Waals surface area contributed by atoms with Crippen LogP contribution in [0.1, 0.15) is 45.4 Å².